The molecule has 0 saturated heterocycles. The molecule has 1 rings (SSSR count). The van der Waals surface area contributed by atoms with Crippen molar-refractivity contribution < 1.29 is 4.79 Å². The van der Waals surface area contributed by atoms with Gasteiger partial charge in [-0.2, -0.15) is 4.79 Å². The Hall–Kier alpha value is -0.620. The third kappa shape index (κ3) is 8.15. The maximum Gasteiger partial charge on any atom is 0.268 e. The van der Waals surface area contributed by atoms with Crippen LogP contribution in [0.25, 0.3) is 5.53 Å². The smallest absolute Gasteiger partial charge is 0.268 e. The van der Waals surface area contributed by atoms with Gasteiger partial charge in [-0.3, -0.25) is 0 Å². The van der Waals surface area contributed by atoms with E-state index < -0.39 is 0 Å². The molecule has 0 unspecified atom stereocenters. The van der Waals surface area contributed by atoms with Gasteiger partial charge in [0.25, 0.3) is 5.71 Å². The molecule has 2 nitrogen and oxygen atoms in total. The summed E-state index contributed by atoms with van der Waals surface area (Å²) >= 11 is 0. The van der Waals surface area contributed by atoms with Gasteiger partial charge in [0.2, 0.25) is 0 Å². The minimum absolute atomic E-state index is 1.01. The number of nitrogens with zero attached hydrogens (tertiary/aromatic N) is 2. The first-order chi connectivity index (χ1) is 8.43. The molecule has 1 saturated carbocycles. The molecule has 0 spiro atoms. The van der Waals surface area contributed by atoms with Crippen LogP contribution in [0.3, 0.4) is 0 Å². The van der Waals surface area contributed by atoms with Gasteiger partial charge >= 0.3 is 0 Å². The molecule has 0 aromatic carbocycles. The van der Waals surface area contributed by atoms with E-state index in [2.05, 4.69) is 4.79 Å². The lowest BCUT2D eigenvalue weighted by Gasteiger charge is -2.01. The largest absolute Gasteiger partial charge is 0.362 e. The van der Waals surface area contributed by atoms with Gasteiger partial charge in [0.1, 0.15) is 0 Å². The van der Waals surface area contributed by atoms with E-state index in [1.54, 1.807) is 0 Å². The maximum atomic E-state index is 8.93. The summed E-state index contributed by atoms with van der Waals surface area (Å²) in [5, 5.41) is 0. The van der Waals surface area contributed by atoms with E-state index in [1.165, 1.54) is 77.0 Å². The van der Waals surface area contributed by atoms with Crippen LogP contribution in [-0.2, 0) is 0 Å². The first kappa shape index (κ1) is 14.4. The molecule has 0 N–H and O–H groups in total. The predicted molar refractivity (Wildman–Crippen MR) is 73.3 cm³/mol. The van der Waals surface area contributed by atoms with Crippen LogP contribution >= 0.6 is 0 Å². The van der Waals surface area contributed by atoms with Gasteiger partial charge in [0.05, 0.1) is 0 Å². The summed E-state index contributed by atoms with van der Waals surface area (Å²) in [4.78, 5) is 3.45. The third-order valence-corrected chi connectivity index (χ3v) is 3.82. The van der Waals surface area contributed by atoms with Crippen LogP contribution in [0.15, 0.2) is 0 Å². The number of rotatable bonds is 0. The molecule has 17 heavy (non-hydrogen) atoms. The first-order valence-corrected chi connectivity index (χ1v) is 7.63. The number of hydrogen-bond donors (Lipinski definition) is 0. The molecule has 0 aromatic heterocycles. The van der Waals surface area contributed by atoms with E-state index in [1.807, 2.05) is 0 Å². The molecule has 0 atom stereocenters. The Kier molecular flexibility index (Phi) is 8.94. The van der Waals surface area contributed by atoms with Gasteiger partial charge in [-0.25, -0.2) is 0 Å². The topological polar surface area (TPSA) is 36.4 Å². The lowest BCUT2D eigenvalue weighted by molar-refractivity contribution is -0.0118. The second-order valence-electron chi connectivity index (χ2n) is 5.41. The Balaban J connectivity index is 2.24. The van der Waals surface area contributed by atoms with Crippen molar-refractivity contribution in [3.05, 3.63) is 5.53 Å². The normalized spacial score (nSPS) is 22.2. The molecule has 2 heteroatoms. The van der Waals surface area contributed by atoms with Gasteiger partial charge in [-0.1, -0.05) is 64.2 Å². The lowest BCUT2D eigenvalue weighted by atomic mass is 10.0. The van der Waals surface area contributed by atoms with Gasteiger partial charge in [0.15, 0.2) is 0 Å². The molecule has 98 valence electrons. The van der Waals surface area contributed by atoms with Crippen molar-refractivity contribution in [1.82, 2.24) is 0 Å². The van der Waals surface area contributed by atoms with Crippen LogP contribution in [0.5, 0.6) is 0 Å². The van der Waals surface area contributed by atoms with E-state index >= 15 is 0 Å². The summed E-state index contributed by atoms with van der Waals surface area (Å²) in [6.45, 7) is 0. The Morgan fingerprint density at radius 2 is 0.824 bits per heavy atom. The number of hydrogen-bond acceptors (Lipinski definition) is 0. The Labute approximate surface area is 106 Å². The minimum Gasteiger partial charge on any atom is -0.362 e. The summed E-state index contributed by atoms with van der Waals surface area (Å²) < 4.78 is 0. The molecule has 0 bridgehead atoms. The van der Waals surface area contributed by atoms with E-state index in [4.69, 9.17) is 5.53 Å². The molecule has 1 fully saturated rings. The van der Waals surface area contributed by atoms with Crippen LogP contribution in [0.2, 0.25) is 0 Å². The molecule has 0 aromatic rings. The van der Waals surface area contributed by atoms with Crippen molar-refractivity contribution >= 4 is 5.71 Å². The van der Waals surface area contributed by atoms with Crippen molar-refractivity contribution in [2.75, 3.05) is 0 Å². The summed E-state index contributed by atoms with van der Waals surface area (Å²) in [5.41, 5.74) is 9.96. The Bertz CT molecular complexity index is 211. The van der Waals surface area contributed by atoms with Crippen molar-refractivity contribution in [3.8, 4) is 0 Å². The van der Waals surface area contributed by atoms with Crippen molar-refractivity contribution in [2.45, 2.75) is 89.9 Å². The third-order valence-electron chi connectivity index (χ3n) is 3.82. The zero-order chi connectivity index (χ0) is 12.2. The first-order valence-electron chi connectivity index (χ1n) is 7.63. The highest BCUT2D eigenvalue weighted by atomic mass is 14.9. The van der Waals surface area contributed by atoms with Gasteiger partial charge in [-0.05, 0) is 12.8 Å². The van der Waals surface area contributed by atoms with Gasteiger partial charge in [-0.15, -0.1) is 0 Å². The average molecular weight is 236 g/mol. The maximum absolute atomic E-state index is 8.93. The standard InChI is InChI=1S/C15H28N2/c16-17-15-13-11-9-7-5-3-1-2-4-6-8-10-12-14-15/h1-14H2. The molecule has 0 radical (unpaired) electrons. The Morgan fingerprint density at radius 1 is 0.529 bits per heavy atom. The van der Waals surface area contributed by atoms with Crippen LogP contribution in [0.4, 0.5) is 0 Å². The Morgan fingerprint density at radius 3 is 1.12 bits per heavy atom. The second-order valence-corrected chi connectivity index (χ2v) is 5.41. The van der Waals surface area contributed by atoms with Crippen LogP contribution in [0.1, 0.15) is 89.9 Å². The predicted octanol–water partition coefficient (Wildman–Crippen LogP) is 5.13. The van der Waals surface area contributed by atoms with Crippen LogP contribution < -0.4 is 0 Å². The average Bonchev–Trinajstić information content (AvgIpc) is 2.36. The molecular weight excluding hydrogens is 208 g/mol. The highest BCUT2D eigenvalue weighted by Crippen LogP contribution is 2.15. The zero-order valence-corrected chi connectivity index (χ0v) is 11.3. The zero-order valence-electron chi connectivity index (χ0n) is 11.3. The fourth-order valence-electron chi connectivity index (χ4n) is 2.65. The van der Waals surface area contributed by atoms with Gasteiger partial charge in [0, 0.05) is 12.8 Å². The summed E-state index contributed by atoms with van der Waals surface area (Å²) in [6.07, 6.45) is 18.3. The van der Waals surface area contributed by atoms with Crippen molar-refractivity contribution in [3.63, 3.8) is 0 Å². The van der Waals surface area contributed by atoms with E-state index in [9.17, 15) is 0 Å². The summed E-state index contributed by atoms with van der Waals surface area (Å²) in [5.74, 6) is 0. The van der Waals surface area contributed by atoms with Crippen LogP contribution in [0, 0.1) is 0 Å². The van der Waals surface area contributed by atoms with Gasteiger partial charge < -0.3 is 5.53 Å². The molecular formula is C15H28N2. The molecule has 0 aliphatic heterocycles. The second kappa shape index (κ2) is 10.5. The minimum atomic E-state index is 1.01. The fourth-order valence-corrected chi connectivity index (χ4v) is 2.65. The molecule has 0 amide bonds. The van der Waals surface area contributed by atoms with Crippen LogP contribution in [-0.4, -0.2) is 10.5 Å². The quantitative estimate of drug-likeness (QED) is 0.413. The SMILES string of the molecule is [N-]=[N+]=C1CCCCCCCCCCCCCC1. The monoisotopic (exact) mass is 236 g/mol. The molecule has 1 aliphatic carbocycles. The van der Waals surface area contributed by atoms with E-state index in [0.29, 0.717) is 0 Å². The van der Waals surface area contributed by atoms with E-state index in [-0.39, 0.29) is 0 Å². The molecule has 1 aliphatic rings. The molecule has 0 heterocycles. The summed E-state index contributed by atoms with van der Waals surface area (Å²) in [7, 11) is 0. The lowest BCUT2D eigenvalue weighted by Crippen LogP contribution is -2.00. The summed E-state index contributed by atoms with van der Waals surface area (Å²) in [6, 6.07) is 0. The van der Waals surface area contributed by atoms with E-state index in [0.717, 1.165) is 18.6 Å². The highest BCUT2D eigenvalue weighted by molar-refractivity contribution is 5.78. The van der Waals surface area contributed by atoms with Crippen molar-refractivity contribution in [2.24, 2.45) is 0 Å². The van der Waals surface area contributed by atoms with Crippen molar-refractivity contribution in [1.29, 1.82) is 0 Å². The highest BCUT2D eigenvalue weighted by Gasteiger charge is 2.07. The fraction of sp³-hybridized carbons (Fsp3) is 0.933.